The summed E-state index contributed by atoms with van der Waals surface area (Å²) < 4.78 is 0. The van der Waals surface area contributed by atoms with Gasteiger partial charge in [0.25, 0.3) is 0 Å². The van der Waals surface area contributed by atoms with Crippen molar-refractivity contribution in [3.63, 3.8) is 0 Å². The normalized spacial score (nSPS) is 17.6. The molecule has 0 saturated carbocycles. The molecule has 0 aliphatic carbocycles. The fourth-order valence-electron chi connectivity index (χ4n) is 4.37. The summed E-state index contributed by atoms with van der Waals surface area (Å²) in [4.78, 5) is 31.4. The summed E-state index contributed by atoms with van der Waals surface area (Å²) in [5.41, 5.74) is 3.22. The van der Waals surface area contributed by atoms with Gasteiger partial charge in [-0.2, -0.15) is 0 Å². The van der Waals surface area contributed by atoms with Crippen LogP contribution < -0.4 is 5.32 Å². The van der Waals surface area contributed by atoms with E-state index in [9.17, 15) is 9.59 Å². The number of benzene rings is 2. The number of hydrogen-bond acceptors (Lipinski definition) is 4. The number of carbonyl (C=O) groups excluding carboxylic acids is 2. The van der Waals surface area contributed by atoms with E-state index in [1.165, 1.54) is 5.56 Å². The molecule has 0 aromatic heterocycles. The lowest BCUT2D eigenvalue weighted by Crippen LogP contribution is -2.51. The van der Waals surface area contributed by atoms with Crippen molar-refractivity contribution < 1.29 is 9.59 Å². The second-order valence-corrected chi connectivity index (χ2v) is 8.51. The third kappa shape index (κ3) is 6.15. The number of nitrogens with one attached hydrogen (secondary N) is 1. The number of para-hydroxylation sites is 1. The van der Waals surface area contributed by atoms with Gasteiger partial charge in [0.2, 0.25) is 11.8 Å². The summed E-state index contributed by atoms with van der Waals surface area (Å²) in [5, 5.41) is 3.10. The summed E-state index contributed by atoms with van der Waals surface area (Å²) in [6.07, 6.45) is 3.05. The second-order valence-electron chi connectivity index (χ2n) is 8.51. The number of amides is 2. The highest BCUT2D eigenvalue weighted by Gasteiger charge is 2.24. The minimum Gasteiger partial charge on any atom is -0.342 e. The molecule has 2 amide bonds. The standard InChI is InChI=1S/C25H32N4O2/c30-24(26-23-11-5-4-10-22(23)18-21-8-2-1-3-9-21)19-27-14-16-28(17-15-27)20-25(31)29-12-6-7-13-29/h1-5,8-11H,6-7,12-20H2,(H,26,30). The molecule has 0 bridgehead atoms. The Morgan fingerprint density at radius 3 is 2.06 bits per heavy atom. The van der Waals surface area contributed by atoms with Crippen LogP contribution in [0, 0.1) is 0 Å². The zero-order valence-corrected chi connectivity index (χ0v) is 18.1. The fraction of sp³-hybridized carbons (Fsp3) is 0.440. The molecule has 0 radical (unpaired) electrons. The van der Waals surface area contributed by atoms with Gasteiger partial charge >= 0.3 is 0 Å². The first-order valence-electron chi connectivity index (χ1n) is 11.3. The quantitative estimate of drug-likeness (QED) is 0.748. The van der Waals surface area contributed by atoms with Crippen LogP contribution in [0.3, 0.4) is 0 Å². The van der Waals surface area contributed by atoms with Gasteiger partial charge in [0, 0.05) is 45.0 Å². The summed E-state index contributed by atoms with van der Waals surface area (Å²) in [6, 6.07) is 18.3. The Labute approximate surface area is 184 Å². The molecule has 6 nitrogen and oxygen atoms in total. The molecule has 2 aromatic carbocycles. The monoisotopic (exact) mass is 420 g/mol. The Kier molecular flexibility index (Phi) is 7.33. The van der Waals surface area contributed by atoms with Crippen molar-refractivity contribution in [1.82, 2.24) is 14.7 Å². The lowest BCUT2D eigenvalue weighted by atomic mass is 10.0. The lowest BCUT2D eigenvalue weighted by molar-refractivity contribution is -0.132. The molecular weight excluding hydrogens is 388 g/mol. The van der Waals surface area contributed by atoms with Gasteiger partial charge in [-0.3, -0.25) is 19.4 Å². The second kappa shape index (κ2) is 10.6. The molecule has 2 fully saturated rings. The molecule has 0 spiro atoms. The third-order valence-corrected chi connectivity index (χ3v) is 6.18. The molecular formula is C25H32N4O2. The van der Waals surface area contributed by atoms with Gasteiger partial charge < -0.3 is 10.2 Å². The highest BCUT2D eigenvalue weighted by Crippen LogP contribution is 2.19. The van der Waals surface area contributed by atoms with E-state index in [1.54, 1.807) is 0 Å². The van der Waals surface area contributed by atoms with Crippen LogP contribution in [-0.2, 0) is 16.0 Å². The summed E-state index contributed by atoms with van der Waals surface area (Å²) in [6.45, 7) is 5.99. The number of anilines is 1. The minimum atomic E-state index is 0.0158. The van der Waals surface area contributed by atoms with E-state index in [2.05, 4.69) is 33.3 Å². The molecule has 31 heavy (non-hydrogen) atoms. The maximum atomic E-state index is 12.7. The van der Waals surface area contributed by atoms with Gasteiger partial charge in [-0.1, -0.05) is 48.5 Å². The molecule has 2 aliphatic rings. The van der Waals surface area contributed by atoms with Crippen molar-refractivity contribution in [2.75, 3.05) is 57.7 Å². The molecule has 1 N–H and O–H groups in total. The van der Waals surface area contributed by atoms with E-state index < -0.39 is 0 Å². The molecule has 164 valence electrons. The van der Waals surface area contributed by atoms with Crippen molar-refractivity contribution in [2.24, 2.45) is 0 Å². The van der Waals surface area contributed by atoms with Crippen LogP contribution in [-0.4, -0.2) is 78.9 Å². The van der Waals surface area contributed by atoms with E-state index in [-0.39, 0.29) is 11.8 Å². The van der Waals surface area contributed by atoms with Gasteiger partial charge in [0.05, 0.1) is 13.1 Å². The first-order valence-corrected chi connectivity index (χ1v) is 11.3. The number of likely N-dealkylation sites (tertiary alicyclic amines) is 1. The molecule has 2 aliphatic heterocycles. The van der Waals surface area contributed by atoms with E-state index in [0.717, 1.165) is 69.8 Å². The van der Waals surface area contributed by atoms with E-state index in [4.69, 9.17) is 0 Å². The maximum Gasteiger partial charge on any atom is 0.238 e. The topological polar surface area (TPSA) is 55.9 Å². The van der Waals surface area contributed by atoms with Gasteiger partial charge in [-0.05, 0) is 36.5 Å². The molecule has 0 unspecified atom stereocenters. The predicted molar refractivity (Wildman–Crippen MR) is 123 cm³/mol. The average molecular weight is 421 g/mol. The Balaban J connectivity index is 1.24. The van der Waals surface area contributed by atoms with Crippen LogP contribution in [0.15, 0.2) is 54.6 Å². The molecule has 6 heteroatoms. The van der Waals surface area contributed by atoms with Crippen molar-refractivity contribution in [3.8, 4) is 0 Å². The predicted octanol–water partition coefficient (Wildman–Crippen LogP) is 2.46. The number of nitrogens with zero attached hydrogens (tertiary/aromatic N) is 3. The minimum absolute atomic E-state index is 0.0158. The summed E-state index contributed by atoms with van der Waals surface area (Å²) >= 11 is 0. The molecule has 4 rings (SSSR count). The third-order valence-electron chi connectivity index (χ3n) is 6.18. The molecule has 2 saturated heterocycles. The molecule has 0 atom stereocenters. The van der Waals surface area contributed by atoms with Gasteiger partial charge in [-0.25, -0.2) is 0 Å². The van der Waals surface area contributed by atoms with E-state index in [1.807, 2.05) is 41.3 Å². The SMILES string of the molecule is O=C(CN1CCN(CC(=O)N2CCCC2)CC1)Nc1ccccc1Cc1ccccc1. The highest BCUT2D eigenvalue weighted by molar-refractivity contribution is 5.93. The van der Waals surface area contributed by atoms with Crippen molar-refractivity contribution in [3.05, 3.63) is 65.7 Å². The first-order chi connectivity index (χ1) is 15.2. The fourth-order valence-corrected chi connectivity index (χ4v) is 4.37. The van der Waals surface area contributed by atoms with E-state index in [0.29, 0.717) is 13.1 Å². The van der Waals surface area contributed by atoms with Crippen LogP contribution in [0.2, 0.25) is 0 Å². The number of hydrogen-bond donors (Lipinski definition) is 1. The van der Waals surface area contributed by atoms with Crippen LogP contribution in [0.5, 0.6) is 0 Å². The zero-order chi connectivity index (χ0) is 21.5. The first kappa shape index (κ1) is 21.5. The zero-order valence-electron chi connectivity index (χ0n) is 18.1. The van der Waals surface area contributed by atoms with E-state index >= 15 is 0 Å². The van der Waals surface area contributed by atoms with Crippen LogP contribution in [0.25, 0.3) is 0 Å². The Hall–Kier alpha value is -2.70. The molecule has 2 aromatic rings. The van der Waals surface area contributed by atoms with Crippen LogP contribution in [0.4, 0.5) is 5.69 Å². The Bertz CT molecular complexity index is 872. The van der Waals surface area contributed by atoms with Crippen molar-refractivity contribution in [2.45, 2.75) is 19.3 Å². The van der Waals surface area contributed by atoms with Crippen LogP contribution in [0.1, 0.15) is 24.0 Å². The van der Waals surface area contributed by atoms with Gasteiger partial charge in [-0.15, -0.1) is 0 Å². The number of carbonyl (C=O) groups is 2. The Morgan fingerprint density at radius 1 is 0.742 bits per heavy atom. The number of rotatable bonds is 7. The summed E-state index contributed by atoms with van der Waals surface area (Å²) in [7, 11) is 0. The van der Waals surface area contributed by atoms with Crippen molar-refractivity contribution >= 4 is 17.5 Å². The maximum absolute atomic E-state index is 12.7. The van der Waals surface area contributed by atoms with Gasteiger partial charge in [0.15, 0.2) is 0 Å². The van der Waals surface area contributed by atoms with Crippen LogP contribution >= 0.6 is 0 Å². The Morgan fingerprint density at radius 2 is 1.35 bits per heavy atom. The van der Waals surface area contributed by atoms with Crippen molar-refractivity contribution in [1.29, 1.82) is 0 Å². The largest absolute Gasteiger partial charge is 0.342 e. The average Bonchev–Trinajstić information content (AvgIpc) is 3.32. The number of piperazine rings is 1. The lowest BCUT2D eigenvalue weighted by Gasteiger charge is -2.34. The smallest absolute Gasteiger partial charge is 0.238 e. The summed E-state index contributed by atoms with van der Waals surface area (Å²) in [5.74, 6) is 0.265. The molecule has 2 heterocycles. The van der Waals surface area contributed by atoms with Gasteiger partial charge in [0.1, 0.15) is 0 Å². The highest BCUT2D eigenvalue weighted by atomic mass is 16.2.